The molecule has 0 bridgehead atoms. The van der Waals surface area contributed by atoms with Gasteiger partial charge in [0.2, 0.25) is 5.79 Å². The summed E-state index contributed by atoms with van der Waals surface area (Å²) in [6.07, 6.45) is -3.69. The molecule has 0 unspecified atom stereocenters. The molecular formula is C34H68O11Si2. The molecule has 1 fully saturated rings. The van der Waals surface area contributed by atoms with Crippen LogP contribution in [-0.2, 0) is 46.9 Å². The van der Waals surface area contributed by atoms with Crippen LogP contribution in [-0.4, -0.2) is 111 Å². The third-order valence-electron chi connectivity index (χ3n) is 10.6. The number of carbonyl (C=O) groups is 2. The van der Waals surface area contributed by atoms with E-state index in [1.807, 2.05) is 6.92 Å². The molecule has 1 rings (SSSR count). The van der Waals surface area contributed by atoms with Gasteiger partial charge in [-0.15, -0.1) is 0 Å². The number of aliphatic hydroxyl groups excluding tert-OH is 1. The van der Waals surface area contributed by atoms with Crippen LogP contribution in [0.25, 0.3) is 0 Å². The predicted octanol–water partition coefficient (Wildman–Crippen LogP) is 6.08. The Hall–Kier alpha value is -0.906. The molecule has 0 amide bonds. The van der Waals surface area contributed by atoms with Crippen LogP contribution in [0.4, 0.5) is 0 Å². The van der Waals surface area contributed by atoms with Gasteiger partial charge in [0.1, 0.15) is 6.10 Å². The Labute approximate surface area is 287 Å². The lowest BCUT2D eigenvalue weighted by Crippen LogP contribution is -2.69. The minimum Gasteiger partial charge on any atom is -0.458 e. The standard InChI is InChI=1S/C34H68O11Si2/c1-22-28(19-27(21-38-11)44-46(14,15)32(5,6)7)43-34(40-13,23(2)30(22)45-47(16,17)33(8,9)10)31(42-25(4)37)29(41-24(3)36)18-26(20-35)39-12/h22-23,26-31,35H,18-21H2,1-17H3/t22-,23+,26-,27+,28+,29-,30-,31+,34+/m0/s1. The summed E-state index contributed by atoms with van der Waals surface area (Å²) in [6.45, 7) is 28.7. The van der Waals surface area contributed by atoms with E-state index in [-0.39, 0.29) is 35.1 Å². The van der Waals surface area contributed by atoms with E-state index in [0.717, 1.165) is 0 Å². The molecular weight excluding hydrogens is 641 g/mol. The van der Waals surface area contributed by atoms with Crippen molar-refractivity contribution in [1.29, 1.82) is 0 Å². The number of aliphatic hydroxyl groups is 1. The Morgan fingerprint density at radius 3 is 1.81 bits per heavy atom. The molecule has 1 aliphatic heterocycles. The van der Waals surface area contributed by atoms with Crippen molar-refractivity contribution >= 4 is 28.6 Å². The summed E-state index contributed by atoms with van der Waals surface area (Å²) in [7, 11) is 0.0462. The highest BCUT2D eigenvalue weighted by molar-refractivity contribution is 6.74. The van der Waals surface area contributed by atoms with E-state index in [2.05, 4.69) is 74.7 Å². The third-order valence-corrected chi connectivity index (χ3v) is 19.6. The van der Waals surface area contributed by atoms with Crippen molar-refractivity contribution in [2.75, 3.05) is 34.5 Å². The Kier molecular flexibility index (Phi) is 16.3. The zero-order valence-electron chi connectivity index (χ0n) is 32.5. The molecule has 1 N–H and O–H groups in total. The highest BCUT2D eigenvalue weighted by Gasteiger charge is 2.62. The zero-order valence-corrected chi connectivity index (χ0v) is 34.5. The minimum atomic E-state index is -2.36. The molecule has 278 valence electrons. The van der Waals surface area contributed by atoms with E-state index in [1.165, 1.54) is 28.1 Å². The van der Waals surface area contributed by atoms with Gasteiger partial charge in [0, 0.05) is 59.9 Å². The Morgan fingerprint density at radius 2 is 1.40 bits per heavy atom. The van der Waals surface area contributed by atoms with Crippen LogP contribution in [0.2, 0.25) is 36.3 Å². The van der Waals surface area contributed by atoms with Gasteiger partial charge < -0.3 is 42.4 Å². The second-order valence-corrected chi connectivity index (χ2v) is 25.7. The van der Waals surface area contributed by atoms with Crippen molar-refractivity contribution < 1.29 is 52.0 Å². The maximum atomic E-state index is 12.8. The van der Waals surface area contributed by atoms with Gasteiger partial charge in [0.05, 0.1) is 37.6 Å². The normalized spacial score (nSPS) is 27.1. The second-order valence-electron chi connectivity index (χ2n) is 16.2. The van der Waals surface area contributed by atoms with Crippen LogP contribution in [0.15, 0.2) is 0 Å². The Morgan fingerprint density at radius 1 is 0.872 bits per heavy atom. The van der Waals surface area contributed by atoms with Gasteiger partial charge in [-0.2, -0.15) is 0 Å². The summed E-state index contributed by atoms with van der Waals surface area (Å²) in [5, 5.41) is 9.88. The highest BCUT2D eigenvalue weighted by Crippen LogP contribution is 2.49. The summed E-state index contributed by atoms with van der Waals surface area (Å²) in [4.78, 5) is 25.2. The van der Waals surface area contributed by atoms with Gasteiger partial charge in [-0.05, 0) is 36.3 Å². The van der Waals surface area contributed by atoms with Crippen LogP contribution in [0.1, 0.15) is 82.1 Å². The molecule has 0 spiro atoms. The summed E-state index contributed by atoms with van der Waals surface area (Å²) >= 11 is 0. The molecule has 0 aromatic rings. The lowest BCUT2D eigenvalue weighted by molar-refractivity contribution is -0.370. The maximum Gasteiger partial charge on any atom is 0.303 e. The summed E-state index contributed by atoms with van der Waals surface area (Å²) in [6, 6.07) is 0. The molecule has 0 aromatic carbocycles. The van der Waals surface area contributed by atoms with Gasteiger partial charge in [-0.3, -0.25) is 9.59 Å². The first-order valence-electron chi connectivity index (χ1n) is 16.9. The molecule has 9 atom stereocenters. The molecule has 0 radical (unpaired) electrons. The zero-order chi connectivity index (χ0) is 36.8. The van der Waals surface area contributed by atoms with E-state index in [0.29, 0.717) is 13.0 Å². The average Bonchev–Trinajstić information content (AvgIpc) is 2.92. The van der Waals surface area contributed by atoms with E-state index < -0.39 is 70.8 Å². The Balaban J connectivity index is 3.96. The van der Waals surface area contributed by atoms with Gasteiger partial charge in [0.15, 0.2) is 22.7 Å². The molecule has 0 saturated carbocycles. The van der Waals surface area contributed by atoms with Crippen LogP contribution in [0.5, 0.6) is 0 Å². The van der Waals surface area contributed by atoms with Crippen molar-refractivity contribution in [2.45, 2.75) is 161 Å². The molecule has 13 heteroatoms. The maximum absolute atomic E-state index is 12.8. The number of rotatable bonds is 17. The second kappa shape index (κ2) is 17.3. The molecule has 0 aromatic heterocycles. The summed E-state index contributed by atoms with van der Waals surface area (Å²) < 4.78 is 50.4. The highest BCUT2D eigenvalue weighted by atomic mass is 28.4. The number of esters is 2. The van der Waals surface area contributed by atoms with E-state index in [4.69, 9.17) is 37.3 Å². The monoisotopic (exact) mass is 708 g/mol. The fourth-order valence-corrected chi connectivity index (χ4v) is 8.55. The molecule has 1 heterocycles. The van der Waals surface area contributed by atoms with Crippen LogP contribution in [0, 0.1) is 11.8 Å². The van der Waals surface area contributed by atoms with E-state index in [9.17, 15) is 14.7 Å². The number of ether oxygens (including phenoxy) is 6. The molecule has 1 aliphatic rings. The third kappa shape index (κ3) is 11.3. The lowest BCUT2D eigenvalue weighted by Gasteiger charge is -2.56. The molecule has 0 aliphatic carbocycles. The van der Waals surface area contributed by atoms with Crippen molar-refractivity contribution in [3.8, 4) is 0 Å². The number of hydrogen-bond donors (Lipinski definition) is 1. The summed E-state index contributed by atoms with van der Waals surface area (Å²) in [5.41, 5.74) is 0. The molecule has 47 heavy (non-hydrogen) atoms. The van der Waals surface area contributed by atoms with Crippen molar-refractivity contribution in [3.63, 3.8) is 0 Å². The predicted molar refractivity (Wildman–Crippen MR) is 187 cm³/mol. The average molecular weight is 709 g/mol. The van der Waals surface area contributed by atoms with Gasteiger partial charge >= 0.3 is 11.9 Å². The first-order chi connectivity index (χ1) is 21.3. The van der Waals surface area contributed by atoms with Crippen molar-refractivity contribution in [2.24, 2.45) is 11.8 Å². The quantitative estimate of drug-likeness (QED) is 0.140. The fraction of sp³-hybridized carbons (Fsp3) is 0.941. The first kappa shape index (κ1) is 44.1. The molecule has 11 nitrogen and oxygen atoms in total. The first-order valence-corrected chi connectivity index (χ1v) is 22.7. The SMILES string of the molecule is COC[C@@H](C[C@H]1O[C@@](OC)([C@H](OC(C)=O)[C@H](C[C@@H](CO)OC)OC(C)=O)[C@H](C)[C@@H](O[Si](C)(C)C(C)(C)C)[C@H]1C)O[Si](C)(C)C(C)(C)C. The van der Waals surface area contributed by atoms with Gasteiger partial charge in [-0.1, -0.05) is 55.4 Å². The summed E-state index contributed by atoms with van der Waals surface area (Å²) in [5.74, 6) is -3.42. The van der Waals surface area contributed by atoms with Gasteiger partial charge in [-0.25, -0.2) is 0 Å². The van der Waals surface area contributed by atoms with E-state index >= 15 is 0 Å². The molecule has 1 saturated heterocycles. The number of hydrogen-bond acceptors (Lipinski definition) is 11. The largest absolute Gasteiger partial charge is 0.458 e. The smallest absolute Gasteiger partial charge is 0.303 e. The van der Waals surface area contributed by atoms with Crippen molar-refractivity contribution in [1.82, 2.24) is 0 Å². The lowest BCUT2D eigenvalue weighted by atomic mass is 9.76. The van der Waals surface area contributed by atoms with E-state index in [1.54, 1.807) is 7.11 Å². The van der Waals surface area contributed by atoms with Crippen LogP contribution in [0.3, 0.4) is 0 Å². The van der Waals surface area contributed by atoms with Crippen molar-refractivity contribution in [3.05, 3.63) is 0 Å². The number of methoxy groups -OCH3 is 3. The fourth-order valence-electron chi connectivity index (χ4n) is 5.75. The van der Waals surface area contributed by atoms with Crippen LogP contribution >= 0.6 is 0 Å². The topological polar surface area (TPSA) is 128 Å². The van der Waals surface area contributed by atoms with Crippen LogP contribution < -0.4 is 0 Å². The number of carbonyl (C=O) groups excluding carboxylic acids is 2. The Bertz CT molecular complexity index is 990. The minimum absolute atomic E-state index is 0.0283. The van der Waals surface area contributed by atoms with Gasteiger partial charge in [0.25, 0.3) is 0 Å².